The van der Waals surface area contributed by atoms with Crippen molar-refractivity contribution in [3.63, 3.8) is 0 Å². The van der Waals surface area contributed by atoms with Crippen LogP contribution in [-0.2, 0) is 2.84 Å². The molecule has 0 aromatic heterocycles. The van der Waals surface area contributed by atoms with Crippen molar-refractivity contribution in [1.82, 2.24) is 0 Å². The molecule has 0 amide bonds. The zero-order chi connectivity index (χ0) is 4.12. The summed E-state index contributed by atoms with van der Waals surface area (Å²) in [4.78, 5) is 0. The first-order chi connectivity index (χ1) is 2.41. The fourth-order valence-corrected chi connectivity index (χ4v) is 1.06. The topological polar surface area (TPSA) is 35.2 Å². The largest absolute Gasteiger partial charge is 0.644 e. The highest BCUT2D eigenvalue weighted by Crippen LogP contribution is 1.45. The first-order valence-electron chi connectivity index (χ1n) is 1.61. The Balaban J connectivity index is 2.19. The molecular weight excluding hydrogens is 96.0 g/mol. The lowest BCUT2D eigenvalue weighted by Crippen LogP contribution is -2.10. The van der Waals surface area contributed by atoms with E-state index in [9.17, 15) is 0 Å². The highest BCUT2D eigenvalue weighted by Gasteiger charge is 1.77. The second kappa shape index (κ2) is 4.98. The minimum absolute atomic E-state index is 0.228. The van der Waals surface area contributed by atoms with E-state index in [2.05, 4.69) is 0 Å². The third-order valence-corrected chi connectivity index (χ3v) is 2.19. The molecule has 4 heteroatoms. The SMILES string of the molecule is N[CH2][AlH][O][AlH2]. The van der Waals surface area contributed by atoms with Gasteiger partial charge in [0.15, 0.2) is 0 Å². The van der Waals surface area contributed by atoms with Gasteiger partial charge in [0.25, 0.3) is 0 Å². The molecule has 0 spiro atoms. The molecule has 0 aromatic carbocycles. The van der Waals surface area contributed by atoms with Crippen LogP contribution in [0.15, 0.2) is 0 Å². The van der Waals surface area contributed by atoms with Crippen LogP contribution in [-0.4, -0.2) is 37.6 Å². The second-order valence-corrected chi connectivity index (χ2v) is 4.08. The standard InChI is InChI=1S/CH4N.2Al.O.3H/c1-2;;;;;;/h1-2H2;;;;;;. The summed E-state index contributed by atoms with van der Waals surface area (Å²) in [6.07, 6.45) is 0. The van der Waals surface area contributed by atoms with Gasteiger partial charge in [-0.1, -0.05) is 0 Å². The van der Waals surface area contributed by atoms with E-state index < -0.39 is 0 Å². The molecule has 0 saturated carbocycles. The summed E-state index contributed by atoms with van der Waals surface area (Å²) in [6, 6.07) is 0. The first kappa shape index (κ1) is 5.98. The lowest BCUT2D eigenvalue weighted by molar-refractivity contribution is 0.662. The van der Waals surface area contributed by atoms with Gasteiger partial charge in [-0.3, -0.25) is 0 Å². The molecule has 0 aliphatic rings. The van der Waals surface area contributed by atoms with Crippen LogP contribution in [0.4, 0.5) is 0 Å². The lowest BCUT2D eigenvalue weighted by atomic mass is 11.5. The molecule has 0 unspecified atom stereocenters. The van der Waals surface area contributed by atoms with Gasteiger partial charge in [0.2, 0.25) is 0 Å². The van der Waals surface area contributed by atoms with Gasteiger partial charge in [0, 0.05) is 0 Å². The maximum Gasteiger partial charge on any atom is 0.419 e. The molecule has 2 nitrogen and oxygen atoms in total. The predicted molar refractivity (Wildman–Crippen MR) is 25.8 cm³/mol. The minimum Gasteiger partial charge on any atom is -0.644 e. The molecule has 2 N–H and O–H groups in total. The molecule has 0 rings (SSSR count). The van der Waals surface area contributed by atoms with Crippen LogP contribution >= 0.6 is 0 Å². The average molecular weight is 103 g/mol. The molecule has 0 bridgehead atoms. The summed E-state index contributed by atoms with van der Waals surface area (Å²) in [5, 5.41) is 0.795. The van der Waals surface area contributed by atoms with Crippen molar-refractivity contribution in [3.8, 4) is 0 Å². The van der Waals surface area contributed by atoms with Gasteiger partial charge in [0.05, 0.1) is 0 Å². The predicted octanol–water partition coefficient (Wildman–Crippen LogP) is -2.18. The Labute approximate surface area is 46.5 Å². The zero-order valence-corrected chi connectivity index (χ0v) is 6.81. The maximum atomic E-state index is 5.10. The maximum absolute atomic E-state index is 5.10. The van der Waals surface area contributed by atoms with Gasteiger partial charge < -0.3 is 8.57 Å². The highest BCUT2D eigenvalue weighted by atomic mass is 27.2. The quantitative estimate of drug-likeness (QED) is 0.403. The van der Waals surface area contributed by atoms with E-state index >= 15 is 0 Å². The van der Waals surface area contributed by atoms with Crippen molar-refractivity contribution in [1.29, 1.82) is 0 Å². The van der Waals surface area contributed by atoms with Crippen LogP contribution in [0.1, 0.15) is 0 Å². The van der Waals surface area contributed by atoms with Crippen LogP contribution < -0.4 is 5.73 Å². The van der Waals surface area contributed by atoms with Crippen molar-refractivity contribution in [2.75, 3.05) is 5.41 Å². The molecule has 0 radical (unpaired) electrons. The third-order valence-electron chi connectivity index (χ3n) is 0.322. The summed E-state index contributed by atoms with van der Waals surface area (Å²) < 4.78 is 4.84. The Morgan fingerprint density at radius 1 is 2.00 bits per heavy atom. The molecule has 28 valence electrons. The van der Waals surface area contributed by atoms with Gasteiger partial charge >= 0.3 is 32.2 Å². The lowest BCUT2D eigenvalue weighted by Gasteiger charge is -1.83. The normalized spacial score (nSPS) is 7.40. The van der Waals surface area contributed by atoms with E-state index in [4.69, 9.17) is 8.57 Å². The van der Waals surface area contributed by atoms with E-state index in [-0.39, 0.29) is 15.6 Å². The van der Waals surface area contributed by atoms with Crippen LogP contribution in [0, 0.1) is 0 Å². The van der Waals surface area contributed by atoms with E-state index in [1.807, 2.05) is 0 Å². The monoisotopic (exact) mass is 103 g/mol. The fourth-order valence-electron chi connectivity index (χ4n) is 0.118. The number of rotatable bonds is 2. The number of nitrogens with two attached hydrogens (primary N) is 1. The Morgan fingerprint density at radius 2 is 2.60 bits per heavy atom. The van der Waals surface area contributed by atoms with Crippen molar-refractivity contribution >= 4 is 32.2 Å². The highest BCUT2D eigenvalue weighted by molar-refractivity contribution is 6.34. The second-order valence-electron chi connectivity index (χ2n) is 0.781. The Morgan fingerprint density at radius 3 is 2.60 bits per heavy atom. The molecule has 0 aromatic rings. The summed E-state index contributed by atoms with van der Waals surface area (Å²) >= 11 is 0.652. The molecule has 0 aliphatic heterocycles. The van der Waals surface area contributed by atoms with Crippen LogP contribution in [0.5, 0.6) is 0 Å². The average Bonchev–Trinajstić information content (AvgIpc) is 1.41. The Bertz CT molecular complexity index is 17.1. The van der Waals surface area contributed by atoms with Gasteiger partial charge in [-0.2, -0.15) is 0 Å². The number of hydrogen-bond acceptors (Lipinski definition) is 2. The Hall–Kier alpha value is 0.985. The first-order valence-corrected chi connectivity index (χ1v) is 4.00. The van der Waals surface area contributed by atoms with Gasteiger partial charge in [-0.25, -0.2) is 0 Å². The summed E-state index contributed by atoms with van der Waals surface area (Å²) in [7, 11) is 0. The minimum atomic E-state index is -0.228. The molecule has 5 heavy (non-hydrogen) atoms. The van der Waals surface area contributed by atoms with E-state index in [0.717, 1.165) is 22.0 Å². The van der Waals surface area contributed by atoms with Crippen LogP contribution in [0.3, 0.4) is 0 Å². The molecular formula is CH7Al2NO. The summed E-state index contributed by atoms with van der Waals surface area (Å²) in [6.45, 7) is 0. The molecule has 0 heterocycles. The zero-order valence-electron chi connectivity index (χ0n) is 3.40. The van der Waals surface area contributed by atoms with E-state index in [1.54, 1.807) is 0 Å². The van der Waals surface area contributed by atoms with Crippen molar-refractivity contribution < 1.29 is 2.84 Å². The van der Waals surface area contributed by atoms with E-state index in [0.29, 0.717) is 0 Å². The van der Waals surface area contributed by atoms with Crippen molar-refractivity contribution in [2.45, 2.75) is 0 Å². The van der Waals surface area contributed by atoms with Crippen molar-refractivity contribution in [2.24, 2.45) is 5.73 Å². The molecule has 0 fully saturated rings. The third kappa shape index (κ3) is 4.98. The van der Waals surface area contributed by atoms with Crippen LogP contribution in [0.2, 0.25) is 0 Å². The van der Waals surface area contributed by atoms with Gasteiger partial charge in [-0.15, -0.1) is 0 Å². The van der Waals surface area contributed by atoms with Crippen molar-refractivity contribution in [3.05, 3.63) is 0 Å². The fraction of sp³-hybridized carbons (Fsp3) is 1.00. The summed E-state index contributed by atoms with van der Waals surface area (Å²) in [5.74, 6) is 0. The molecule has 0 atom stereocenters. The van der Waals surface area contributed by atoms with Gasteiger partial charge in [-0.05, 0) is 5.41 Å². The molecule has 0 aliphatic carbocycles. The Kier molecular flexibility index (Phi) is 5.97. The van der Waals surface area contributed by atoms with Gasteiger partial charge in [0.1, 0.15) is 0 Å². The van der Waals surface area contributed by atoms with Crippen LogP contribution in [0.25, 0.3) is 0 Å². The smallest absolute Gasteiger partial charge is 0.419 e. The van der Waals surface area contributed by atoms with E-state index in [1.165, 1.54) is 0 Å². The number of hydrogen-bond donors (Lipinski definition) is 1. The molecule has 0 saturated heterocycles. The summed E-state index contributed by atoms with van der Waals surface area (Å²) in [5.41, 5.74) is 5.10.